The lowest BCUT2D eigenvalue weighted by Crippen LogP contribution is -1.95. The van der Waals surface area contributed by atoms with Crippen molar-refractivity contribution in [2.75, 3.05) is 5.32 Å². The number of fused-ring (bicyclic) bond motifs is 1. The second-order valence-electron chi connectivity index (χ2n) is 5.26. The topological polar surface area (TPSA) is 51.1 Å². The molecule has 3 rings (SSSR count). The summed E-state index contributed by atoms with van der Waals surface area (Å²) in [5, 5.41) is 3.66. The van der Waals surface area contributed by atoms with Crippen LogP contribution in [0.3, 0.4) is 0 Å². The monoisotopic (exact) mass is 292 g/mol. The summed E-state index contributed by atoms with van der Waals surface area (Å²) in [4.78, 5) is 22.0. The first kappa shape index (κ1) is 14.1. The van der Waals surface area contributed by atoms with Gasteiger partial charge in [0.25, 0.3) is 0 Å². The highest BCUT2D eigenvalue weighted by molar-refractivity contribution is 5.99. The smallest absolute Gasteiger partial charge is 0.211 e. The van der Waals surface area contributed by atoms with Gasteiger partial charge in [-0.05, 0) is 48.9 Å². The average Bonchev–Trinajstić information content (AvgIpc) is 2.85. The third-order valence-electron chi connectivity index (χ3n) is 3.86. The predicted octanol–water partition coefficient (Wildman–Crippen LogP) is 3.62. The number of carbonyl (C=O) groups excluding carboxylic acids is 2. The number of hydrogen-bond acceptors (Lipinski definition) is 2. The lowest BCUT2D eigenvalue weighted by molar-refractivity contribution is -0.105. The number of ketones is 1. The van der Waals surface area contributed by atoms with Gasteiger partial charge in [-0.25, -0.2) is 0 Å². The molecule has 1 aromatic heterocycles. The molecule has 2 aromatic carbocycles. The maximum Gasteiger partial charge on any atom is 0.211 e. The van der Waals surface area contributed by atoms with Crippen LogP contribution < -0.4 is 5.32 Å². The molecule has 0 saturated carbocycles. The van der Waals surface area contributed by atoms with Crippen molar-refractivity contribution in [3.63, 3.8) is 0 Å². The largest absolute Gasteiger partial charge is 0.344 e. The van der Waals surface area contributed by atoms with E-state index in [4.69, 9.17) is 0 Å². The molecule has 0 aliphatic heterocycles. The number of nitrogens with zero attached hydrogens (tertiary/aromatic N) is 1. The average molecular weight is 292 g/mol. The first-order valence-corrected chi connectivity index (χ1v) is 7.01. The van der Waals surface area contributed by atoms with Crippen LogP contribution in [0.1, 0.15) is 17.3 Å². The zero-order valence-corrected chi connectivity index (χ0v) is 12.5. The Bertz CT molecular complexity index is 861. The number of anilines is 1. The molecule has 1 heterocycles. The van der Waals surface area contributed by atoms with Crippen molar-refractivity contribution in [2.24, 2.45) is 7.05 Å². The summed E-state index contributed by atoms with van der Waals surface area (Å²) in [6.45, 7) is 1.57. The fourth-order valence-corrected chi connectivity index (χ4v) is 2.65. The highest BCUT2D eigenvalue weighted by Gasteiger charge is 2.09. The minimum atomic E-state index is 0.0663. The number of benzene rings is 2. The van der Waals surface area contributed by atoms with Crippen molar-refractivity contribution in [1.29, 1.82) is 0 Å². The molecule has 4 nitrogen and oxygen atoms in total. The van der Waals surface area contributed by atoms with Crippen LogP contribution in [0.5, 0.6) is 0 Å². The van der Waals surface area contributed by atoms with Crippen molar-refractivity contribution in [1.82, 2.24) is 4.57 Å². The highest BCUT2D eigenvalue weighted by Crippen LogP contribution is 2.28. The molecule has 22 heavy (non-hydrogen) atoms. The first-order chi connectivity index (χ1) is 10.6. The Morgan fingerprint density at radius 1 is 1.09 bits per heavy atom. The number of Topliss-reactive ketones (excluding diaryl/α,β-unsaturated/α-hetero) is 1. The number of amides is 1. The van der Waals surface area contributed by atoms with Crippen LogP contribution in [-0.2, 0) is 11.8 Å². The van der Waals surface area contributed by atoms with Crippen LogP contribution >= 0.6 is 0 Å². The Balaban J connectivity index is 2.08. The molecule has 0 atom stereocenters. The van der Waals surface area contributed by atoms with Gasteiger partial charge in [-0.15, -0.1) is 0 Å². The highest BCUT2D eigenvalue weighted by atomic mass is 16.1. The normalized spacial score (nSPS) is 10.6. The summed E-state index contributed by atoms with van der Waals surface area (Å²) in [6.07, 6.45) is 0.662. The molecule has 3 aromatic rings. The summed E-state index contributed by atoms with van der Waals surface area (Å²) < 4.78 is 2.10. The van der Waals surface area contributed by atoms with Crippen molar-refractivity contribution in [2.45, 2.75) is 6.92 Å². The van der Waals surface area contributed by atoms with Crippen molar-refractivity contribution in [3.8, 4) is 11.3 Å². The lowest BCUT2D eigenvalue weighted by Gasteiger charge is -2.06. The molecule has 4 heteroatoms. The van der Waals surface area contributed by atoms with E-state index in [9.17, 15) is 9.59 Å². The van der Waals surface area contributed by atoms with Crippen molar-refractivity contribution in [3.05, 3.63) is 54.1 Å². The number of carbonyl (C=O) groups is 2. The van der Waals surface area contributed by atoms with Gasteiger partial charge in [0.1, 0.15) is 0 Å². The zero-order chi connectivity index (χ0) is 15.7. The maximum atomic E-state index is 11.5. The van der Waals surface area contributed by atoms with Crippen molar-refractivity contribution >= 4 is 28.8 Å². The number of hydrogen-bond donors (Lipinski definition) is 1. The Hall–Kier alpha value is -2.88. The summed E-state index contributed by atoms with van der Waals surface area (Å²) in [5.41, 5.74) is 4.68. The van der Waals surface area contributed by atoms with Gasteiger partial charge < -0.3 is 9.88 Å². The van der Waals surface area contributed by atoms with E-state index in [0.29, 0.717) is 6.41 Å². The molecule has 110 valence electrons. The van der Waals surface area contributed by atoms with Gasteiger partial charge in [-0.1, -0.05) is 12.1 Å². The number of aryl methyl sites for hydroxylation is 1. The van der Waals surface area contributed by atoms with E-state index >= 15 is 0 Å². The van der Waals surface area contributed by atoms with E-state index in [-0.39, 0.29) is 5.78 Å². The molecule has 1 N–H and O–H groups in total. The van der Waals surface area contributed by atoms with Gasteiger partial charge in [0, 0.05) is 34.9 Å². The van der Waals surface area contributed by atoms with Crippen LogP contribution in [0, 0.1) is 0 Å². The minimum absolute atomic E-state index is 0.0663. The molecule has 0 unspecified atom stereocenters. The molecule has 0 radical (unpaired) electrons. The number of aromatic nitrogens is 1. The van der Waals surface area contributed by atoms with E-state index < -0.39 is 0 Å². The Morgan fingerprint density at radius 2 is 1.82 bits per heavy atom. The Kier molecular flexibility index (Phi) is 3.51. The Labute approximate surface area is 128 Å². The summed E-state index contributed by atoms with van der Waals surface area (Å²) in [6, 6.07) is 15.5. The van der Waals surface area contributed by atoms with Crippen LogP contribution in [0.4, 0.5) is 5.69 Å². The number of nitrogens with one attached hydrogen (secondary N) is 1. The lowest BCUT2D eigenvalue weighted by atomic mass is 10.1. The van der Waals surface area contributed by atoms with Gasteiger partial charge in [-0.2, -0.15) is 0 Å². The summed E-state index contributed by atoms with van der Waals surface area (Å²) in [7, 11) is 2.00. The number of rotatable bonds is 4. The van der Waals surface area contributed by atoms with Gasteiger partial charge in [0.2, 0.25) is 6.41 Å². The van der Waals surface area contributed by atoms with Crippen LogP contribution in [0.2, 0.25) is 0 Å². The van der Waals surface area contributed by atoms with E-state index in [1.165, 1.54) is 0 Å². The fourth-order valence-electron chi connectivity index (χ4n) is 2.65. The van der Waals surface area contributed by atoms with Crippen LogP contribution in [0.25, 0.3) is 22.2 Å². The SMILES string of the molecule is CC(=O)c1ccc2c(c1)cc(-c1ccc(NC=O)cc1)n2C. The molecule has 1 amide bonds. The molecule has 0 aliphatic carbocycles. The second kappa shape index (κ2) is 5.48. The molecule has 0 bridgehead atoms. The Morgan fingerprint density at radius 3 is 2.45 bits per heavy atom. The van der Waals surface area contributed by atoms with Gasteiger partial charge in [0.05, 0.1) is 0 Å². The van der Waals surface area contributed by atoms with E-state index in [1.807, 2.05) is 49.5 Å². The molecular formula is C18H16N2O2. The fraction of sp³-hybridized carbons (Fsp3) is 0.111. The van der Waals surface area contributed by atoms with Crippen LogP contribution in [0.15, 0.2) is 48.5 Å². The molecule has 0 spiro atoms. The molecule has 0 saturated heterocycles. The van der Waals surface area contributed by atoms with Crippen molar-refractivity contribution < 1.29 is 9.59 Å². The quantitative estimate of drug-likeness (QED) is 0.590. The first-order valence-electron chi connectivity index (χ1n) is 7.01. The van der Waals surface area contributed by atoms with Crippen LogP contribution in [-0.4, -0.2) is 16.8 Å². The summed E-state index contributed by atoms with van der Waals surface area (Å²) in [5.74, 6) is 0.0663. The van der Waals surface area contributed by atoms with E-state index in [1.54, 1.807) is 6.92 Å². The zero-order valence-electron chi connectivity index (χ0n) is 12.5. The maximum absolute atomic E-state index is 11.5. The van der Waals surface area contributed by atoms with Gasteiger partial charge in [-0.3, -0.25) is 9.59 Å². The molecule has 0 fully saturated rings. The summed E-state index contributed by atoms with van der Waals surface area (Å²) >= 11 is 0. The minimum Gasteiger partial charge on any atom is -0.344 e. The van der Waals surface area contributed by atoms with E-state index in [0.717, 1.165) is 33.4 Å². The standard InChI is InChI=1S/C18H16N2O2/c1-12(22)14-5-8-17-15(9-14)10-18(20(17)2)13-3-6-16(7-4-13)19-11-21/h3-11H,1-2H3,(H,19,21). The molecular weight excluding hydrogens is 276 g/mol. The molecule has 0 aliphatic rings. The second-order valence-corrected chi connectivity index (χ2v) is 5.26. The third-order valence-corrected chi connectivity index (χ3v) is 3.86. The van der Waals surface area contributed by atoms with E-state index in [2.05, 4.69) is 16.0 Å². The van der Waals surface area contributed by atoms with Gasteiger partial charge in [0.15, 0.2) is 5.78 Å². The third kappa shape index (κ3) is 2.39. The predicted molar refractivity (Wildman–Crippen MR) is 88.0 cm³/mol. The van der Waals surface area contributed by atoms with Gasteiger partial charge >= 0.3 is 0 Å².